The van der Waals surface area contributed by atoms with E-state index in [-0.39, 0.29) is 0 Å². The van der Waals surface area contributed by atoms with Gasteiger partial charge in [0, 0.05) is 43.5 Å². The lowest BCUT2D eigenvalue weighted by Gasteiger charge is -1.96. The molecule has 4 heteroatoms. The summed E-state index contributed by atoms with van der Waals surface area (Å²) in [6.07, 6.45) is 7.40. The molecule has 0 radical (unpaired) electrons. The molecule has 0 bridgehead atoms. The summed E-state index contributed by atoms with van der Waals surface area (Å²) in [5.74, 6) is 0.880. The van der Waals surface area contributed by atoms with Crippen LogP contribution in [-0.2, 0) is 12.8 Å². The highest BCUT2D eigenvalue weighted by atomic mass is 14.9. The highest BCUT2D eigenvalue weighted by Crippen LogP contribution is 2.07. The van der Waals surface area contributed by atoms with Crippen molar-refractivity contribution in [3.63, 3.8) is 0 Å². The van der Waals surface area contributed by atoms with Gasteiger partial charge in [0.25, 0.3) is 0 Å². The summed E-state index contributed by atoms with van der Waals surface area (Å²) in [6.45, 7) is 0. The van der Waals surface area contributed by atoms with Crippen molar-refractivity contribution in [3.8, 4) is 6.07 Å². The van der Waals surface area contributed by atoms with Crippen LogP contribution in [-0.4, -0.2) is 15.0 Å². The number of aromatic nitrogens is 3. The van der Waals surface area contributed by atoms with Crippen LogP contribution in [0.3, 0.4) is 0 Å². The second-order valence-electron chi connectivity index (χ2n) is 3.55. The molecule has 0 aliphatic carbocycles. The van der Waals surface area contributed by atoms with Crippen LogP contribution in [0.2, 0.25) is 0 Å². The van der Waals surface area contributed by atoms with E-state index in [1.54, 1.807) is 12.4 Å². The number of aromatic amines is 1. The fraction of sp³-hybridized carbons (Fsp3) is 0.250. The van der Waals surface area contributed by atoms with Crippen molar-refractivity contribution in [3.05, 3.63) is 47.8 Å². The van der Waals surface area contributed by atoms with Gasteiger partial charge >= 0.3 is 0 Å². The molecule has 0 fully saturated rings. The lowest BCUT2D eigenvalue weighted by atomic mass is 10.2. The van der Waals surface area contributed by atoms with Crippen LogP contribution in [0, 0.1) is 11.3 Å². The number of H-pyrrole nitrogens is 1. The minimum Gasteiger partial charge on any atom is -0.346 e. The molecule has 0 aliphatic rings. The SMILES string of the molecule is N#CCCc1ncc(Cc2ccncc2)[nH]1. The molecule has 1 N–H and O–H groups in total. The number of hydrogen-bond donors (Lipinski definition) is 1. The fourth-order valence-electron chi connectivity index (χ4n) is 1.52. The van der Waals surface area contributed by atoms with Gasteiger partial charge in [-0.1, -0.05) is 0 Å². The van der Waals surface area contributed by atoms with Gasteiger partial charge in [0.2, 0.25) is 0 Å². The minimum absolute atomic E-state index is 0.502. The number of hydrogen-bond acceptors (Lipinski definition) is 3. The Hall–Kier alpha value is -2.15. The second-order valence-corrected chi connectivity index (χ2v) is 3.55. The van der Waals surface area contributed by atoms with Crippen molar-refractivity contribution in [2.75, 3.05) is 0 Å². The monoisotopic (exact) mass is 212 g/mol. The number of nitrogens with one attached hydrogen (secondary N) is 1. The van der Waals surface area contributed by atoms with Gasteiger partial charge in [-0.2, -0.15) is 5.26 Å². The van der Waals surface area contributed by atoms with E-state index >= 15 is 0 Å². The standard InChI is InChI=1S/C12H12N4/c13-5-1-2-12-15-9-11(16-12)8-10-3-6-14-7-4-10/h3-4,6-7,9H,1-2,8H2,(H,15,16). The van der Waals surface area contributed by atoms with E-state index in [0.29, 0.717) is 12.8 Å². The molecule has 16 heavy (non-hydrogen) atoms. The molecule has 2 aromatic rings. The number of rotatable bonds is 4. The molecule has 80 valence electrons. The number of nitrogens with zero attached hydrogens (tertiary/aromatic N) is 3. The zero-order chi connectivity index (χ0) is 11.2. The molecule has 2 rings (SSSR count). The third kappa shape index (κ3) is 2.67. The predicted molar refractivity (Wildman–Crippen MR) is 59.6 cm³/mol. The number of pyridine rings is 1. The Morgan fingerprint density at radius 3 is 2.88 bits per heavy atom. The van der Waals surface area contributed by atoms with E-state index in [2.05, 4.69) is 21.0 Å². The summed E-state index contributed by atoms with van der Waals surface area (Å²) in [4.78, 5) is 11.4. The van der Waals surface area contributed by atoms with Gasteiger partial charge in [-0.05, 0) is 17.7 Å². The van der Waals surface area contributed by atoms with Gasteiger partial charge in [-0.25, -0.2) is 4.98 Å². The Morgan fingerprint density at radius 1 is 1.31 bits per heavy atom. The lowest BCUT2D eigenvalue weighted by molar-refractivity contribution is 0.907. The third-order valence-electron chi connectivity index (χ3n) is 2.30. The Kier molecular flexibility index (Phi) is 3.29. The van der Waals surface area contributed by atoms with Crippen molar-refractivity contribution in [2.45, 2.75) is 19.3 Å². The van der Waals surface area contributed by atoms with Gasteiger partial charge in [0.15, 0.2) is 0 Å². The van der Waals surface area contributed by atoms with E-state index in [4.69, 9.17) is 5.26 Å². The van der Waals surface area contributed by atoms with Gasteiger partial charge in [0.1, 0.15) is 5.82 Å². The molecule has 0 aliphatic heterocycles. The molecule has 0 saturated carbocycles. The normalized spacial score (nSPS) is 9.94. The van der Waals surface area contributed by atoms with Crippen molar-refractivity contribution in [1.29, 1.82) is 5.26 Å². The van der Waals surface area contributed by atoms with Crippen LogP contribution in [0.15, 0.2) is 30.7 Å². The van der Waals surface area contributed by atoms with Crippen LogP contribution < -0.4 is 0 Å². The zero-order valence-electron chi connectivity index (χ0n) is 8.85. The smallest absolute Gasteiger partial charge is 0.107 e. The first-order chi connectivity index (χ1) is 7.88. The van der Waals surface area contributed by atoms with Crippen LogP contribution in [0.25, 0.3) is 0 Å². The molecule has 2 aromatic heterocycles. The molecule has 0 amide bonds. The molecule has 0 unspecified atom stereocenters. The summed E-state index contributed by atoms with van der Waals surface area (Å²) in [5.41, 5.74) is 2.27. The molecule has 4 nitrogen and oxygen atoms in total. The van der Waals surface area contributed by atoms with Crippen molar-refractivity contribution in [2.24, 2.45) is 0 Å². The molecule has 0 atom stereocenters. The molecule has 0 saturated heterocycles. The maximum atomic E-state index is 8.47. The van der Waals surface area contributed by atoms with E-state index < -0.39 is 0 Å². The van der Waals surface area contributed by atoms with Crippen molar-refractivity contribution in [1.82, 2.24) is 15.0 Å². The van der Waals surface area contributed by atoms with Crippen LogP contribution in [0.5, 0.6) is 0 Å². The molecular formula is C12H12N4. The summed E-state index contributed by atoms with van der Waals surface area (Å²) < 4.78 is 0. The highest BCUT2D eigenvalue weighted by Gasteiger charge is 2.01. The molecule has 2 heterocycles. The predicted octanol–water partition coefficient (Wildman–Crippen LogP) is 1.85. The first-order valence-corrected chi connectivity index (χ1v) is 5.17. The van der Waals surface area contributed by atoms with E-state index in [1.165, 1.54) is 5.56 Å². The van der Waals surface area contributed by atoms with Gasteiger partial charge in [-0.15, -0.1) is 0 Å². The maximum absolute atomic E-state index is 8.47. The third-order valence-corrected chi connectivity index (χ3v) is 2.30. The summed E-state index contributed by atoms with van der Waals surface area (Å²) >= 11 is 0. The Bertz CT molecular complexity index is 481. The number of nitriles is 1. The Balaban J connectivity index is 2.01. The molecule has 0 aromatic carbocycles. The fourth-order valence-corrected chi connectivity index (χ4v) is 1.52. The summed E-state index contributed by atoms with van der Waals surface area (Å²) in [6, 6.07) is 6.07. The van der Waals surface area contributed by atoms with Gasteiger partial charge in [-0.3, -0.25) is 4.98 Å². The van der Waals surface area contributed by atoms with E-state index in [9.17, 15) is 0 Å². The zero-order valence-corrected chi connectivity index (χ0v) is 8.85. The van der Waals surface area contributed by atoms with Crippen molar-refractivity contribution < 1.29 is 0 Å². The summed E-state index contributed by atoms with van der Waals surface area (Å²) in [7, 11) is 0. The Morgan fingerprint density at radius 2 is 2.12 bits per heavy atom. The average molecular weight is 212 g/mol. The first kappa shape index (κ1) is 10.4. The van der Waals surface area contributed by atoms with Crippen molar-refractivity contribution >= 4 is 0 Å². The number of imidazole rings is 1. The topological polar surface area (TPSA) is 65.4 Å². The van der Waals surface area contributed by atoms with Crippen LogP contribution in [0.4, 0.5) is 0 Å². The average Bonchev–Trinajstić information content (AvgIpc) is 2.75. The maximum Gasteiger partial charge on any atom is 0.107 e. The first-order valence-electron chi connectivity index (χ1n) is 5.17. The van der Waals surface area contributed by atoms with Crippen LogP contribution in [0.1, 0.15) is 23.5 Å². The van der Waals surface area contributed by atoms with E-state index in [0.717, 1.165) is 17.9 Å². The summed E-state index contributed by atoms with van der Waals surface area (Å²) in [5, 5.41) is 8.47. The minimum atomic E-state index is 0.502. The largest absolute Gasteiger partial charge is 0.346 e. The Labute approximate surface area is 94.0 Å². The second kappa shape index (κ2) is 5.08. The van der Waals surface area contributed by atoms with Gasteiger partial charge < -0.3 is 4.98 Å². The number of aryl methyl sites for hydroxylation is 1. The lowest BCUT2D eigenvalue weighted by Crippen LogP contribution is -1.90. The van der Waals surface area contributed by atoms with Gasteiger partial charge in [0.05, 0.1) is 6.07 Å². The molecule has 0 spiro atoms. The highest BCUT2D eigenvalue weighted by molar-refractivity contribution is 5.18. The molecular weight excluding hydrogens is 200 g/mol. The van der Waals surface area contributed by atoms with Crippen LogP contribution >= 0.6 is 0 Å². The van der Waals surface area contributed by atoms with E-state index in [1.807, 2.05) is 18.3 Å². The quantitative estimate of drug-likeness (QED) is 0.841.